The Morgan fingerprint density at radius 3 is 2.54 bits per heavy atom. The van der Waals surface area contributed by atoms with Crippen LogP contribution in [-0.2, 0) is 0 Å². The van der Waals surface area contributed by atoms with Gasteiger partial charge in [-0.2, -0.15) is 0 Å². The number of nitro groups is 1. The molecule has 0 aromatic heterocycles. The van der Waals surface area contributed by atoms with Gasteiger partial charge in [-0.15, -0.1) is 0 Å². The maximum atomic E-state index is 12.7. The Bertz CT molecular complexity index is 339. The van der Waals surface area contributed by atoms with Crippen LogP contribution >= 0.6 is 0 Å². The van der Waals surface area contributed by atoms with Crippen molar-refractivity contribution in [3.05, 3.63) is 34.1 Å². The second-order valence-corrected chi connectivity index (χ2v) is 2.78. The van der Waals surface area contributed by atoms with E-state index in [0.717, 1.165) is 18.2 Å². The summed E-state index contributed by atoms with van der Waals surface area (Å²) in [6.07, 6.45) is 0. The molecule has 0 amide bonds. The third kappa shape index (κ3) is 1.93. The molecular weight excluding hydrogens is 175 g/mol. The van der Waals surface area contributed by atoms with E-state index >= 15 is 0 Å². The Hall–Kier alpha value is -1.65. The third-order valence-electron chi connectivity index (χ3n) is 1.62. The molecule has 0 saturated heterocycles. The SMILES string of the molecule is CN(C)c1cc(F)ccc1[N+](=O)[O-]. The highest BCUT2D eigenvalue weighted by atomic mass is 19.1. The van der Waals surface area contributed by atoms with E-state index in [0.29, 0.717) is 0 Å². The van der Waals surface area contributed by atoms with Crippen LogP contribution in [0.3, 0.4) is 0 Å². The molecule has 1 aromatic rings. The van der Waals surface area contributed by atoms with E-state index in [9.17, 15) is 14.5 Å². The molecule has 0 radical (unpaired) electrons. The van der Waals surface area contributed by atoms with Crippen molar-refractivity contribution in [1.82, 2.24) is 0 Å². The Labute approximate surface area is 74.7 Å². The number of anilines is 1. The van der Waals surface area contributed by atoms with Crippen molar-refractivity contribution in [3.63, 3.8) is 0 Å². The minimum atomic E-state index is -0.533. The highest BCUT2D eigenvalue weighted by molar-refractivity contribution is 5.62. The van der Waals surface area contributed by atoms with E-state index in [1.807, 2.05) is 0 Å². The summed E-state index contributed by atoms with van der Waals surface area (Å²) >= 11 is 0. The maximum Gasteiger partial charge on any atom is 0.292 e. The molecule has 0 heterocycles. The van der Waals surface area contributed by atoms with Crippen molar-refractivity contribution in [2.75, 3.05) is 19.0 Å². The van der Waals surface area contributed by atoms with Crippen LogP contribution in [0.1, 0.15) is 0 Å². The lowest BCUT2D eigenvalue weighted by Gasteiger charge is -2.11. The molecule has 0 N–H and O–H groups in total. The second kappa shape index (κ2) is 3.38. The third-order valence-corrected chi connectivity index (χ3v) is 1.62. The van der Waals surface area contributed by atoms with Crippen LogP contribution in [0.4, 0.5) is 15.8 Å². The van der Waals surface area contributed by atoms with Gasteiger partial charge >= 0.3 is 0 Å². The molecule has 5 heteroatoms. The normalized spacial score (nSPS) is 9.77. The minimum absolute atomic E-state index is 0.0913. The van der Waals surface area contributed by atoms with Gasteiger partial charge in [0.2, 0.25) is 0 Å². The Morgan fingerprint density at radius 2 is 2.08 bits per heavy atom. The molecule has 0 saturated carbocycles. The lowest BCUT2D eigenvalue weighted by Crippen LogP contribution is -2.11. The largest absolute Gasteiger partial charge is 0.372 e. The maximum absolute atomic E-state index is 12.7. The van der Waals surface area contributed by atoms with Crippen molar-refractivity contribution in [2.24, 2.45) is 0 Å². The van der Waals surface area contributed by atoms with Crippen LogP contribution in [0.5, 0.6) is 0 Å². The van der Waals surface area contributed by atoms with Gasteiger partial charge in [-0.05, 0) is 6.07 Å². The fraction of sp³-hybridized carbons (Fsp3) is 0.250. The predicted molar refractivity (Wildman–Crippen MR) is 47.4 cm³/mol. The van der Waals surface area contributed by atoms with Crippen molar-refractivity contribution in [1.29, 1.82) is 0 Å². The topological polar surface area (TPSA) is 46.4 Å². The fourth-order valence-electron chi connectivity index (χ4n) is 1.01. The van der Waals surface area contributed by atoms with Crippen LogP contribution in [0.25, 0.3) is 0 Å². The van der Waals surface area contributed by atoms with Gasteiger partial charge in [-0.1, -0.05) is 0 Å². The first kappa shape index (κ1) is 9.44. The molecule has 0 aliphatic carbocycles. The average Bonchev–Trinajstić information content (AvgIpc) is 2.03. The highest BCUT2D eigenvalue weighted by Crippen LogP contribution is 2.26. The molecule has 70 valence electrons. The average molecular weight is 184 g/mol. The summed E-state index contributed by atoms with van der Waals surface area (Å²) in [5.41, 5.74) is 0.177. The van der Waals surface area contributed by atoms with Gasteiger partial charge in [0, 0.05) is 26.2 Å². The number of hydrogen-bond acceptors (Lipinski definition) is 3. The Morgan fingerprint density at radius 1 is 1.46 bits per heavy atom. The second-order valence-electron chi connectivity index (χ2n) is 2.78. The molecule has 0 aliphatic heterocycles. The van der Waals surface area contributed by atoms with Gasteiger partial charge in [0.15, 0.2) is 0 Å². The van der Waals surface area contributed by atoms with Gasteiger partial charge in [0.1, 0.15) is 11.5 Å². The highest BCUT2D eigenvalue weighted by Gasteiger charge is 2.15. The lowest BCUT2D eigenvalue weighted by atomic mass is 10.2. The van der Waals surface area contributed by atoms with Gasteiger partial charge in [-0.3, -0.25) is 10.1 Å². The molecule has 0 fully saturated rings. The minimum Gasteiger partial charge on any atom is -0.372 e. The molecule has 0 bridgehead atoms. The lowest BCUT2D eigenvalue weighted by molar-refractivity contribution is -0.384. The zero-order chi connectivity index (χ0) is 10.0. The van der Waals surface area contributed by atoms with Crippen LogP contribution in [0.2, 0.25) is 0 Å². The Balaban J connectivity index is 3.26. The fourth-order valence-corrected chi connectivity index (χ4v) is 1.01. The molecule has 1 aromatic carbocycles. The summed E-state index contributed by atoms with van der Waals surface area (Å²) in [5, 5.41) is 10.5. The predicted octanol–water partition coefficient (Wildman–Crippen LogP) is 1.80. The van der Waals surface area contributed by atoms with E-state index in [-0.39, 0.29) is 11.4 Å². The molecule has 0 unspecified atom stereocenters. The molecular formula is C8H9FN2O2. The van der Waals surface area contributed by atoms with E-state index in [2.05, 4.69) is 0 Å². The van der Waals surface area contributed by atoms with E-state index in [1.54, 1.807) is 14.1 Å². The van der Waals surface area contributed by atoms with Crippen LogP contribution in [-0.4, -0.2) is 19.0 Å². The van der Waals surface area contributed by atoms with Crippen molar-refractivity contribution in [2.45, 2.75) is 0 Å². The molecule has 1 rings (SSSR count). The first-order valence-electron chi connectivity index (χ1n) is 3.63. The number of halogens is 1. The van der Waals surface area contributed by atoms with Gasteiger partial charge in [-0.25, -0.2) is 4.39 Å². The summed E-state index contributed by atoms with van der Waals surface area (Å²) in [5.74, 6) is -0.477. The summed E-state index contributed by atoms with van der Waals surface area (Å²) in [6, 6.07) is 3.37. The van der Waals surface area contributed by atoms with E-state index < -0.39 is 10.7 Å². The van der Waals surface area contributed by atoms with Crippen LogP contribution < -0.4 is 4.90 Å². The summed E-state index contributed by atoms with van der Waals surface area (Å²) in [7, 11) is 3.25. The number of hydrogen-bond donors (Lipinski definition) is 0. The number of rotatable bonds is 2. The Kier molecular flexibility index (Phi) is 2.46. The first-order valence-corrected chi connectivity index (χ1v) is 3.63. The molecule has 0 aliphatic rings. The number of nitro benzene ring substituents is 1. The number of nitrogens with zero attached hydrogens (tertiary/aromatic N) is 2. The van der Waals surface area contributed by atoms with Crippen molar-refractivity contribution < 1.29 is 9.31 Å². The smallest absolute Gasteiger partial charge is 0.292 e. The van der Waals surface area contributed by atoms with Crippen molar-refractivity contribution >= 4 is 11.4 Å². The zero-order valence-electron chi connectivity index (χ0n) is 7.32. The monoisotopic (exact) mass is 184 g/mol. The first-order chi connectivity index (χ1) is 6.02. The van der Waals surface area contributed by atoms with Gasteiger partial charge < -0.3 is 4.90 Å². The van der Waals surface area contributed by atoms with Gasteiger partial charge in [0.25, 0.3) is 5.69 Å². The van der Waals surface area contributed by atoms with Crippen LogP contribution in [0.15, 0.2) is 18.2 Å². The zero-order valence-corrected chi connectivity index (χ0v) is 7.32. The van der Waals surface area contributed by atoms with Gasteiger partial charge in [0.05, 0.1) is 4.92 Å². The quantitative estimate of drug-likeness (QED) is 0.520. The number of benzene rings is 1. The summed E-state index contributed by atoms with van der Waals surface area (Å²) < 4.78 is 12.7. The van der Waals surface area contributed by atoms with E-state index in [1.165, 1.54) is 4.90 Å². The summed E-state index contributed by atoms with van der Waals surface area (Å²) in [6.45, 7) is 0. The molecule has 4 nitrogen and oxygen atoms in total. The standard InChI is InChI=1S/C8H9FN2O2/c1-10(2)8-5-6(9)3-4-7(8)11(12)13/h3-5H,1-2H3. The summed E-state index contributed by atoms with van der Waals surface area (Å²) in [4.78, 5) is 11.5. The molecule has 0 atom stereocenters. The molecule has 0 spiro atoms. The van der Waals surface area contributed by atoms with Crippen LogP contribution in [0, 0.1) is 15.9 Å². The molecule has 13 heavy (non-hydrogen) atoms. The van der Waals surface area contributed by atoms with Crippen molar-refractivity contribution in [3.8, 4) is 0 Å². The van der Waals surface area contributed by atoms with E-state index in [4.69, 9.17) is 0 Å².